The van der Waals surface area contributed by atoms with Gasteiger partial charge >= 0.3 is 5.97 Å². The largest absolute Gasteiger partial charge is 0.467 e. The predicted octanol–water partition coefficient (Wildman–Crippen LogP) is -0.459. The van der Waals surface area contributed by atoms with Gasteiger partial charge < -0.3 is 9.64 Å². The van der Waals surface area contributed by atoms with E-state index in [2.05, 4.69) is 4.74 Å². The summed E-state index contributed by atoms with van der Waals surface area (Å²) in [4.78, 5) is 23.9. The molecule has 0 N–H and O–H groups in total. The highest BCUT2D eigenvalue weighted by Gasteiger charge is 2.57. The first kappa shape index (κ1) is 13.0. The molecule has 1 rings (SSSR count). The Morgan fingerprint density at radius 3 is 2.25 bits per heavy atom. The molecule has 1 amide bonds. The van der Waals surface area contributed by atoms with Crippen molar-refractivity contribution in [1.29, 1.82) is 0 Å². The molecule has 0 aromatic rings. The van der Waals surface area contributed by atoms with Crippen LogP contribution in [0.15, 0.2) is 0 Å². The molecular weight excluding hydrogens is 234 g/mol. The molecule has 1 atom stereocenters. The van der Waals surface area contributed by atoms with E-state index in [9.17, 15) is 18.0 Å². The predicted molar refractivity (Wildman–Crippen MR) is 56.2 cm³/mol. The van der Waals surface area contributed by atoms with E-state index >= 15 is 0 Å². The van der Waals surface area contributed by atoms with Crippen molar-refractivity contribution in [3.05, 3.63) is 0 Å². The third-order valence-electron chi connectivity index (χ3n) is 2.91. The lowest BCUT2D eigenvalue weighted by molar-refractivity contribution is -0.151. The number of ether oxygens (including phenoxy) is 1. The number of nitrogens with zero attached hydrogens (tertiary/aromatic N) is 1. The number of amides is 1. The molecule has 0 spiro atoms. The maximum Gasteiger partial charge on any atom is 0.330 e. The summed E-state index contributed by atoms with van der Waals surface area (Å²) in [6.45, 7) is 4.08. The molecule has 1 aliphatic heterocycles. The van der Waals surface area contributed by atoms with Crippen molar-refractivity contribution in [3.8, 4) is 0 Å². The molecule has 0 bridgehead atoms. The summed E-state index contributed by atoms with van der Waals surface area (Å²) in [5.41, 5.74) is 0. The first-order valence-electron chi connectivity index (χ1n) is 4.72. The van der Waals surface area contributed by atoms with Gasteiger partial charge in [0.15, 0.2) is 9.84 Å². The van der Waals surface area contributed by atoms with Crippen LogP contribution in [0.25, 0.3) is 0 Å². The molecule has 1 heterocycles. The molecule has 6 nitrogen and oxygen atoms in total. The van der Waals surface area contributed by atoms with Crippen LogP contribution in [0, 0.1) is 0 Å². The van der Waals surface area contributed by atoms with Crippen molar-refractivity contribution in [3.63, 3.8) is 0 Å². The number of carbonyl (C=O) groups excluding carboxylic acids is 2. The Hall–Kier alpha value is -1.11. The average molecular weight is 249 g/mol. The van der Waals surface area contributed by atoms with Gasteiger partial charge in [-0.05, 0) is 13.8 Å². The third-order valence-corrected chi connectivity index (χ3v) is 5.35. The number of hydrogen-bond acceptors (Lipinski definition) is 5. The summed E-state index contributed by atoms with van der Waals surface area (Å²) < 4.78 is 26.9. The van der Waals surface area contributed by atoms with Crippen LogP contribution in [0.5, 0.6) is 0 Å². The van der Waals surface area contributed by atoms with Crippen molar-refractivity contribution in [2.75, 3.05) is 13.0 Å². The Labute approximate surface area is 94.5 Å². The second kappa shape index (κ2) is 3.73. The molecule has 0 aromatic heterocycles. The number of sulfone groups is 1. The van der Waals surface area contributed by atoms with Gasteiger partial charge in [0.2, 0.25) is 5.91 Å². The smallest absolute Gasteiger partial charge is 0.330 e. The van der Waals surface area contributed by atoms with E-state index in [1.54, 1.807) is 0 Å². The Morgan fingerprint density at radius 2 is 1.88 bits per heavy atom. The quantitative estimate of drug-likeness (QED) is 0.587. The van der Waals surface area contributed by atoms with E-state index < -0.39 is 38.4 Å². The molecule has 16 heavy (non-hydrogen) atoms. The third kappa shape index (κ3) is 1.68. The molecule has 92 valence electrons. The Bertz CT molecular complexity index is 425. The van der Waals surface area contributed by atoms with Crippen molar-refractivity contribution >= 4 is 21.7 Å². The maximum atomic E-state index is 11.8. The minimum Gasteiger partial charge on any atom is -0.467 e. The zero-order valence-corrected chi connectivity index (χ0v) is 10.5. The van der Waals surface area contributed by atoms with E-state index in [0.29, 0.717) is 0 Å². The van der Waals surface area contributed by atoms with Crippen molar-refractivity contribution in [1.82, 2.24) is 4.90 Å². The monoisotopic (exact) mass is 249 g/mol. The van der Waals surface area contributed by atoms with Crippen LogP contribution in [0.2, 0.25) is 0 Å². The number of carbonyl (C=O) groups is 2. The van der Waals surface area contributed by atoms with Crippen molar-refractivity contribution in [2.24, 2.45) is 0 Å². The van der Waals surface area contributed by atoms with Gasteiger partial charge in [0, 0.05) is 6.92 Å². The lowest BCUT2D eigenvalue weighted by atomic mass is 10.0. The number of rotatable bonds is 1. The van der Waals surface area contributed by atoms with Crippen LogP contribution in [0.4, 0.5) is 0 Å². The molecule has 0 radical (unpaired) electrons. The second-order valence-electron chi connectivity index (χ2n) is 4.26. The first-order chi connectivity index (χ1) is 7.15. The molecule has 0 unspecified atom stereocenters. The van der Waals surface area contributed by atoms with Gasteiger partial charge in [-0.1, -0.05) is 0 Å². The summed E-state index contributed by atoms with van der Waals surface area (Å²) in [7, 11) is -2.35. The number of methoxy groups -OCH3 is 1. The summed E-state index contributed by atoms with van der Waals surface area (Å²) in [6, 6.07) is -1.07. The number of esters is 1. The molecule has 0 saturated carbocycles. The zero-order valence-electron chi connectivity index (χ0n) is 9.68. The maximum absolute atomic E-state index is 11.8. The lowest BCUT2D eigenvalue weighted by Gasteiger charge is -2.27. The molecule has 0 aromatic carbocycles. The van der Waals surface area contributed by atoms with Crippen molar-refractivity contribution < 1.29 is 22.7 Å². The van der Waals surface area contributed by atoms with Gasteiger partial charge in [-0.2, -0.15) is 0 Å². The van der Waals surface area contributed by atoms with E-state index in [0.717, 1.165) is 4.90 Å². The Balaban J connectivity index is 3.28. The van der Waals surface area contributed by atoms with Gasteiger partial charge in [0.25, 0.3) is 0 Å². The van der Waals surface area contributed by atoms with Crippen LogP contribution in [-0.4, -0.2) is 49.0 Å². The average Bonchev–Trinajstić information content (AvgIpc) is 2.33. The van der Waals surface area contributed by atoms with E-state index in [1.165, 1.54) is 27.9 Å². The van der Waals surface area contributed by atoms with Crippen LogP contribution >= 0.6 is 0 Å². The standard InChI is InChI=1S/C9H15NO5S/c1-6(11)10-5-16(13,14)9(2,3)7(10)8(12)15-4/h7H,5H2,1-4H3/t7-/m0/s1. The normalized spacial score (nSPS) is 26.5. The van der Waals surface area contributed by atoms with Crippen molar-refractivity contribution in [2.45, 2.75) is 31.6 Å². The molecule has 7 heteroatoms. The second-order valence-corrected chi connectivity index (χ2v) is 6.80. The Kier molecular flexibility index (Phi) is 3.02. The number of hydrogen-bond donors (Lipinski definition) is 0. The SMILES string of the molecule is COC(=O)[C@@H]1N(C(C)=O)CS(=O)(=O)C1(C)C. The van der Waals surface area contributed by atoms with E-state index in [4.69, 9.17) is 0 Å². The van der Waals surface area contributed by atoms with Crippen LogP contribution in [0.3, 0.4) is 0 Å². The Morgan fingerprint density at radius 1 is 1.38 bits per heavy atom. The highest BCUT2D eigenvalue weighted by atomic mass is 32.2. The molecule has 1 saturated heterocycles. The summed E-state index contributed by atoms with van der Waals surface area (Å²) in [5, 5.41) is 0. The van der Waals surface area contributed by atoms with Gasteiger partial charge in [-0.3, -0.25) is 4.79 Å². The summed E-state index contributed by atoms with van der Waals surface area (Å²) in [5.74, 6) is -1.60. The van der Waals surface area contributed by atoms with Crippen LogP contribution in [-0.2, 0) is 24.2 Å². The molecular formula is C9H15NO5S. The fraction of sp³-hybridized carbons (Fsp3) is 0.778. The van der Waals surface area contributed by atoms with E-state index in [-0.39, 0.29) is 0 Å². The van der Waals surface area contributed by atoms with Gasteiger partial charge in [-0.15, -0.1) is 0 Å². The summed E-state index contributed by atoms with van der Waals surface area (Å²) in [6.07, 6.45) is 0. The van der Waals surface area contributed by atoms with Crippen LogP contribution < -0.4 is 0 Å². The van der Waals surface area contributed by atoms with Gasteiger partial charge in [0.05, 0.1) is 11.9 Å². The van der Waals surface area contributed by atoms with Gasteiger partial charge in [-0.25, -0.2) is 13.2 Å². The minimum atomic E-state index is -3.52. The molecule has 1 fully saturated rings. The van der Waals surface area contributed by atoms with Gasteiger partial charge in [0.1, 0.15) is 11.9 Å². The lowest BCUT2D eigenvalue weighted by Crippen LogP contribution is -2.50. The summed E-state index contributed by atoms with van der Waals surface area (Å²) >= 11 is 0. The fourth-order valence-electron chi connectivity index (χ4n) is 1.76. The van der Waals surface area contributed by atoms with Crippen LogP contribution in [0.1, 0.15) is 20.8 Å². The topological polar surface area (TPSA) is 80.8 Å². The van der Waals surface area contributed by atoms with E-state index in [1.807, 2.05) is 0 Å². The highest BCUT2D eigenvalue weighted by Crippen LogP contribution is 2.34. The first-order valence-corrected chi connectivity index (χ1v) is 6.37. The highest BCUT2D eigenvalue weighted by molar-refractivity contribution is 7.93. The minimum absolute atomic E-state index is 0.435. The fourth-order valence-corrected chi connectivity index (χ4v) is 3.36. The molecule has 1 aliphatic rings. The molecule has 0 aliphatic carbocycles. The zero-order chi connectivity index (χ0) is 12.7.